The number of rotatable bonds is 6. The SMILES string of the molecule is CCCCC(CN)Nc1cc(Cl)nnc1Cl. The molecule has 0 bridgehead atoms. The molecule has 1 heterocycles. The molecule has 1 rings (SSSR count). The first kappa shape index (κ1) is 13.5. The molecule has 0 fully saturated rings. The second-order valence-corrected chi connectivity index (χ2v) is 4.34. The number of anilines is 1. The van der Waals surface area contributed by atoms with E-state index in [0.717, 1.165) is 19.3 Å². The molecule has 0 aliphatic heterocycles. The molecule has 0 aliphatic carbocycles. The van der Waals surface area contributed by atoms with Crippen molar-refractivity contribution in [2.24, 2.45) is 5.73 Å². The normalized spacial score (nSPS) is 12.5. The zero-order valence-electron chi connectivity index (χ0n) is 9.21. The van der Waals surface area contributed by atoms with Gasteiger partial charge in [-0.25, -0.2) is 0 Å². The molecule has 6 heteroatoms. The number of aromatic nitrogens is 2. The zero-order chi connectivity index (χ0) is 12.0. The van der Waals surface area contributed by atoms with E-state index in [9.17, 15) is 0 Å². The van der Waals surface area contributed by atoms with Gasteiger partial charge in [-0.1, -0.05) is 43.0 Å². The Morgan fingerprint density at radius 2 is 2.19 bits per heavy atom. The third-order valence-electron chi connectivity index (χ3n) is 2.27. The highest BCUT2D eigenvalue weighted by Gasteiger charge is 2.10. The molecular weight excluding hydrogens is 247 g/mol. The Kier molecular flexibility index (Phi) is 5.80. The lowest BCUT2D eigenvalue weighted by Crippen LogP contribution is -2.29. The van der Waals surface area contributed by atoms with Crippen LogP contribution >= 0.6 is 23.2 Å². The second kappa shape index (κ2) is 6.89. The van der Waals surface area contributed by atoms with E-state index in [-0.39, 0.29) is 6.04 Å². The molecule has 4 nitrogen and oxygen atoms in total. The topological polar surface area (TPSA) is 63.8 Å². The fraction of sp³-hybridized carbons (Fsp3) is 0.600. The summed E-state index contributed by atoms with van der Waals surface area (Å²) in [4.78, 5) is 0. The van der Waals surface area contributed by atoms with Gasteiger partial charge in [0.1, 0.15) is 0 Å². The van der Waals surface area contributed by atoms with Gasteiger partial charge in [0.05, 0.1) is 5.69 Å². The average molecular weight is 263 g/mol. The minimum Gasteiger partial charge on any atom is -0.378 e. The molecule has 1 atom stereocenters. The average Bonchev–Trinajstić information content (AvgIpc) is 2.28. The van der Waals surface area contributed by atoms with Gasteiger partial charge in [-0.15, -0.1) is 10.2 Å². The van der Waals surface area contributed by atoms with Crippen molar-refractivity contribution in [3.05, 3.63) is 16.4 Å². The van der Waals surface area contributed by atoms with Crippen molar-refractivity contribution >= 4 is 28.9 Å². The summed E-state index contributed by atoms with van der Waals surface area (Å²) in [5.74, 6) is 0. The lowest BCUT2D eigenvalue weighted by Gasteiger charge is -2.18. The lowest BCUT2D eigenvalue weighted by atomic mass is 10.1. The standard InChI is InChI=1S/C10H16Cl2N4/c1-2-3-4-7(6-13)14-8-5-9(11)15-16-10(8)12/h5,7H,2-4,6,13H2,1H3,(H,14,15). The van der Waals surface area contributed by atoms with Crippen LogP contribution in [0.15, 0.2) is 6.07 Å². The van der Waals surface area contributed by atoms with Gasteiger partial charge in [-0.05, 0) is 6.42 Å². The van der Waals surface area contributed by atoms with E-state index in [1.807, 2.05) is 0 Å². The van der Waals surface area contributed by atoms with Crippen LogP contribution in [-0.4, -0.2) is 22.8 Å². The summed E-state index contributed by atoms with van der Waals surface area (Å²) in [6, 6.07) is 1.85. The van der Waals surface area contributed by atoms with Crippen molar-refractivity contribution in [1.82, 2.24) is 10.2 Å². The molecular formula is C10H16Cl2N4. The zero-order valence-corrected chi connectivity index (χ0v) is 10.7. The van der Waals surface area contributed by atoms with E-state index >= 15 is 0 Å². The van der Waals surface area contributed by atoms with E-state index in [1.54, 1.807) is 6.07 Å². The van der Waals surface area contributed by atoms with Crippen LogP contribution in [0.5, 0.6) is 0 Å². The van der Waals surface area contributed by atoms with Gasteiger partial charge in [0.2, 0.25) is 0 Å². The number of nitrogens with zero attached hydrogens (tertiary/aromatic N) is 2. The highest BCUT2D eigenvalue weighted by atomic mass is 35.5. The Morgan fingerprint density at radius 3 is 2.81 bits per heavy atom. The smallest absolute Gasteiger partial charge is 0.174 e. The first-order valence-electron chi connectivity index (χ1n) is 5.32. The van der Waals surface area contributed by atoms with Gasteiger partial charge in [-0.2, -0.15) is 0 Å². The third kappa shape index (κ3) is 4.12. The number of unbranched alkanes of at least 4 members (excludes halogenated alkanes) is 1. The van der Waals surface area contributed by atoms with Crippen LogP contribution in [0.4, 0.5) is 5.69 Å². The van der Waals surface area contributed by atoms with Gasteiger partial charge in [0, 0.05) is 18.7 Å². The maximum absolute atomic E-state index is 5.90. The molecule has 0 aliphatic rings. The number of hydrogen-bond donors (Lipinski definition) is 2. The molecule has 16 heavy (non-hydrogen) atoms. The summed E-state index contributed by atoms with van der Waals surface area (Å²) < 4.78 is 0. The summed E-state index contributed by atoms with van der Waals surface area (Å²) in [6.45, 7) is 2.70. The number of nitrogens with one attached hydrogen (secondary N) is 1. The van der Waals surface area contributed by atoms with Gasteiger partial charge in [-0.3, -0.25) is 0 Å². The highest BCUT2D eigenvalue weighted by Crippen LogP contribution is 2.22. The largest absolute Gasteiger partial charge is 0.378 e. The van der Waals surface area contributed by atoms with Crippen molar-refractivity contribution in [2.75, 3.05) is 11.9 Å². The van der Waals surface area contributed by atoms with Crippen LogP contribution in [-0.2, 0) is 0 Å². The number of halogens is 2. The Balaban J connectivity index is 2.65. The maximum Gasteiger partial charge on any atom is 0.174 e. The number of nitrogens with two attached hydrogens (primary N) is 1. The molecule has 1 aromatic heterocycles. The monoisotopic (exact) mass is 262 g/mol. The van der Waals surface area contributed by atoms with Crippen molar-refractivity contribution in [2.45, 2.75) is 32.2 Å². The molecule has 0 spiro atoms. The molecule has 0 amide bonds. The molecule has 0 saturated heterocycles. The highest BCUT2D eigenvalue weighted by molar-refractivity contribution is 6.33. The Morgan fingerprint density at radius 1 is 1.44 bits per heavy atom. The van der Waals surface area contributed by atoms with E-state index in [2.05, 4.69) is 22.4 Å². The van der Waals surface area contributed by atoms with E-state index in [0.29, 0.717) is 22.5 Å². The van der Waals surface area contributed by atoms with Crippen LogP contribution < -0.4 is 11.1 Å². The molecule has 1 aromatic rings. The first-order valence-corrected chi connectivity index (χ1v) is 6.08. The van der Waals surface area contributed by atoms with Crippen molar-refractivity contribution in [1.29, 1.82) is 0 Å². The van der Waals surface area contributed by atoms with Crippen molar-refractivity contribution < 1.29 is 0 Å². The molecule has 0 radical (unpaired) electrons. The minimum atomic E-state index is 0.192. The predicted octanol–water partition coefficient (Wildman–Crippen LogP) is 2.71. The Labute approximate surface area is 106 Å². The molecule has 3 N–H and O–H groups in total. The fourth-order valence-corrected chi connectivity index (χ4v) is 1.67. The summed E-state index contributed by atoms with van der Waals surface area (Å²) >= 11 is 11.6. The second-order valence-electron chi connectivity index (χ2n) is 3.59. The Hall–Kier alpha value is -0.580. The van der Waals surface area contributed by atoms with E-state index in [1.165, 1.54) is 0 Å². The van der Waals surface area contributed by atoms with Gasteiger partial charge in [0.15, 0.2) is 10.3 Å². The maximum atomic E-state index is 5.90. The van der Waals surface area contributed by atoms with Crippen LogP contribution in [0.1, 0.15) is 26.2 Å². The summed E-state index contributed by atoms with van der Waals surface area (Å²) in [5.41, 5.74) is 6.36. The summed E-state index contributed by atoms with van der Waals surface area (Å²) in [6.07, 6.45) is 3.27. The van der Waals surface area contributed by atoms with Crippen LogP contribution in [0.2, 0.25) is 10.3 Å². The van der Waals surface area contributed by atoms with Crippen molar-refractivity contribution in [3.63, 3.8) is 0 Å². The molecule has 1 unspecified atom stereocenters. The summed E-state index contributed by atoms with van der Waals surface area (Å²) in [7, 11) is 0. The van der Waals surface area contributed by atoms with Gasteiger partial charge in [0.25, 0.3) is 0 Å². The Bertz CT molecular complexity index is 333. The predicted molar refractivity (Wildman–Crippen MR) is 68.0 cm³/mol. The summed E-state index contributed by atoms with van der Waals surface area (Å²) in [5, 5.41) is 11.2. The molecule has 0 saturated carbocycles. The van der Waals surface area contributed by atoms with Crippen LogP contribution in [0.3, 0.4) is 0 Å². The first-order chi connectivity index (χ1) is 7.67. The van der Waals surface area contributed by atoms with E-state index in [4.69, 9.17) is 28.9 Å². The van der Waals surface area contributed by atoms with Crippen molar-refractivity contribution in [3.8, 4) is 0 Å². The van der Waals surface area contributed by atoms with Crippen LogP contribution in [0, 0.1) is 0 Å². The fourth-order valence-electron chi connectivity index (χ4n) is 1.37. The van der Waals surface area contributed by atoms with Gasteiger partial charge < -0.3 is 11.1 Å². The third-order valence-corrected chi connectivity index (χ3v) is 2.73. The van der Waals surface area contributed by atoms with Crippen LogP contribution in [0.25, 0.3) is 0 Å². The van der Waals surface area contributed by atoms with E-state index < -0.39 is 0 Å². The quantitative estimate of drug-likeness (QED) is 0.828. The minimum absolute atomic E-state index is 0.192. The van der Waals surface area contributed by atoms with Gasteiger partial charge >= 0.3 is 0 Å². The number of hydrogen-bond acceptors (Lipinski definition) is 4. The molecule has 0 aromatic carbocycles. The lowest BCUT2D eigenvalue weighted by molar-refractivity contribution is 0.614. The molecule has 90 valence electrons.